The molecule has 0 saturated heterocycles. The second-order valence-corrected chi connectivity index (χ2v) is 17.3. The minimum Gasteiger partial charge on any atom is -0.0619 e. The Morgan fingerprint density at radius 2 is 0.712 bits per heavy atom. The lowest BCUT2D eigenvalue weighted by atomic mass is 9.79. The summed E-state index contributed by atoms with van der Waals surface area (Å²) in [5.41, 5.74) is 19.3. The summed E-state index contributed by atoms with van der Waals surface area (Å²) in [5.74, 6) is 0.781. The molecule has 0 bridgehead atoms. The summed E-state index contributed by atoms with van der Waals surface area (Å²) in [5, 5.41) is 8.29. The van der Waals surface area contributed by atoms with Crippen LogP contribution < -0.4 is 0 Å². The van der Waals surface area contributed by atoms with Gasteiger partial charge in [0.05, 0.1) is 0 Å². The number of rotatable bonds is 4. The molecule has 0 nitrogen and oxygen atoms in total. The minimum absolute atomic E-state index is 0.00472. The van der Waals surface area contributed by atoms with Crippen molar-refractivity contribution in [3.63, 3.8) is 0 Å². The third-order valence-corrected chi connectivity index (χ3v) is 13.0. The van der Waals surface area contributed by atoms with Crippen LogP contribution in [0.5, 0.6) is 0 Å². The van der Waals surface area contributed by atoms with Gasteiger partial charge < -0.3 is 0 Å². The third kappa shape index (κ3) is 4.10. The maximum absolute atomic E-state index is 2.50. The highest BCUT2D eigenvalue weighted by Gasteiger charge is 2.36. The first-order chi connectivity index (χ1) is 25.0. The Kier molecular flexibility index (Phi) is 6.47. The highest BCUT2D eigenvalue weighted by molar-refractivity contribution is 6.29. The lowest BCUT2D eigenvalue weighted by Crippen LogP contribution is -2.14. The fraction of sp³-hybridized carbons (Fsp3) is 0.231. The molecular formula is C52H46. The van der Waals surface area contributed by atoms with Gasteiger partial charge in [-0.3, -0.25) is 0 Å². The number of hydrogen-bond donors (Lipinski definition) is 0. The van der Waals surface area contributed by atoms with Gasteiger partial charge in [0, 0.05) is 10.8 Å². The lowest BCUT2D eigenvalue weighted by Gasteiger charge is -2.24. The van der Waals surface area contributed by atoms with Crippen molar-refractivity contribution < 1.29 is 0 Å². The predicted octanol–water partition coefficient (Wildman–Crippen LogP) is 14.8. The summed E-state index contributed by atoms with van der Waals surface area (Å²) in [6.45, 7) is 18.9. The van der Waals surface area contributed by atoms with Gasteiger partial charge in [0.2, 0.25) is 0 Å². The van der Waals surface area contributed by atoms with Crippen LogP contribution in [0.1, 0.15) is 101 Å². The van der Waals surface area contributed by atoms with Crippen LogP contribution >= 0.6 is 0 Å². The largest absolute Gasteiger partial charge is 0.0619 e. The van der Waals surface area contributed by atoms with Gasteiger partial charge in [-0.15, -0.1) is 0 Å². The zero-order chi connectivity index (χ0) is 35.8. The number of benzene rings is 8. The average molecular weight is 671 g/mol. The molecule has 0 N–H and O–H groups in total. The van der Waals surface area contributed by atoms with Crippen LogP contribution in [0.3, 0.4) is 0 Å². The maximum atomic E-state index is 2.50. The number of fused-ring (bicyclic) bond motifs is 6. The molecule has 0 aliphatic heterocycles. The Hall–Kier alpha value is -5.20. The summed E-state index contributed by atoms with van der Waals surface area (Å²) in [4.78, 5) is 0. The average Bonchev–Trinajstić information content (AvgIpc) is 3.52. The third-order valence-electron chi connectivity index (χ3n) is 13.0. The zero-order valence-corrected chi connectivity index (χ0v) is 31.7. The smallest absolute Gasteiger partial charge is 0.0158 e. The van der Waals surface area contributed by atoms with Crippen molar-refractivity contribution >= 4 is 32.3 Å². The first-order valence-electron chi connectivity index (χ1n) is 19.2. The van der Waals surface area contributed by atoms with E-state index in [1.165, 1.54) is 110 Å². The van der Waals surface area contributed by atoms with E-state index in [0.29, 0.717) is 11.8 Å². The Morgan fingerprint density at radius 3 is 1.12 bits per heavy atom. The van der Waals surface area contributed by atoms with Crippen molar-refractivity contribution in [3.05, 3.63) is 155 Å². The summed E-state index contributed by atoms with van der Waals surface area (Å²) < 4.78 is 0. The summed E-state index contributed by atoms with van der Waals surface area (Å²) in [7, 11) is 0. The SMILES string of the molecule is CC(C)c1cc(-c2ccc3c(c2)-c2ccccc2C3(C)C)c2ccc3c(C(C)C)cc(-c4ccc5c(c4)-c4ccccc4C5(C)C)c4ccc1c2c43. The van der Waals surface area contributed by atoms with Gasteiger partial charge in [-0.25, -0.2) is 0 Å². The second-order valence-electron chi connectivity index (χ2n) is 17.3. The first kappa shape index (κ1) is 31.5. The Labute approximate surface area is 308 Å². The van der Waals surface area contributed by atoms with Gasteiger partial charge in [0.25, 0.3) is 0 Å². The van der Waals surface area contributed by atoms with Gasteiger partial charge in [0.1, 0.15) is 0 Å². The van der Waals surface area contributed by atoms with Crippen LogP contribution in [-0.2, 0) is 10.8 Å². The normalized spacial score (nSPS) is 15.2. The van der Waals surface area contributed by atoms with Gasteiger partial charge in [-0.1, -0.05) is 152 Å². The molecule has 0 spiro atoms. The molecule has 254 valence electrons. The predicted molar refractivity (Wildman–Crippen MR) is 224 cm³/mol. The summed E-state index contributed by atoms with van der Waals surface area (Å²) >= 11 is 0. The van der Waals surface area contributed by atoms with Crippen LogP contribution in [0.2, 0.25) is 0 Å². The monoisotopic (exact) mass is 670 g/mol. The molecule has 0 fully saturated rings. The Morgan fingerprint density at radius 1 is 0.346 bits per heavy atom. The van der Waals surface area contributed by atoms with Crippen LogP contribution in [0.25, 0.3) is 76.8 Å². The molecule has 0 heterocycles. The van der Waals surface area contributed by atoms with E-state index in [1.54, 1.807) is 0 Å². The molecule has 0 amide bonds. The Balaban J connectivity index is 1.27. The molecule has 2 aliphatic carbocycles. The molecule has 0 heteroatoms. The van der Waals surface area contributed by atoms with Crippen molar-refractivity contribution in [3.8, 4) is 44.5 Å². The number of hydrogen-bond acceptors (Lipinski definition) is 0. The highest BCUT2D eigenvalue weighted by Crippen LogP contribution is 2.53. The molecule has 2 aliphatic rings. The Bertz CT molecular complexity index is 2590. The first-order valence-corrected chi connectivity index (χ1v) is 19.2. The lowest BCUT2D eigenvalue weighted by molar-refractivity contribution is 0.660. The van der Waals surface area contributed by atoms with Gasteiger partial charge in [-0.2, -0.15) is 0 Å². The van der Waals surface area contributed by atoms with E-state index in [-0.39, 0.29) is 10.8 Å². The minimum atomic E-state index is -0.00472. The highest BCUT2D eigenvalue weighted by atomic mass is 14.4. The van der Waals surface area contributed by atoms with Crippen molar-refractivity contribution in [1.29, 1.82) is 0 Å². The van der Waals surface area contributed by atoms with Crippen LogP contribution in [0, 0.1) is 0 Å². The standard InChI is InChI=1S/C52H46/c1-29(2)39-27-41(31-17-23-47-43(25-31)33-13-9-11-15-45(33)51(47,5)6)37-22-20-36-40(30(3)4)28-42(38-21-19-35(39)49(37)50(36)38)32-18-24-48-44(26-32)34-14-10-12-16-46(34)52(48,7)8/h9-30H,1-8H3. The summed E-state index contributed by atoms with van der Waals surface area (Å²) in [6, 6.07) is 47.2. The van der Waals surface area contributed by atoms with Crippen molar-refractivity contribution in [2.45, 2.75) is 78.1 Å². The molecule has 0 atom stereocenters. The van der Waals surface area contributed by atoms with E-state index >= 15 is 0 Å². The van der Waals surface area contributed by atoms with Crippen LogP contribution in [-0.4, -0.2) is 0 Å². The van der Waals surface area contributed by atoms with Crippen molar-refractivity contribution in [2.75, 3.05) is 0 Å². The van der Waals surface area contributed by atoms with Gasteiger partial charge in [-0.05, 0) is 146 Å². The van der Waals surface area contributed by atoms with E-state index < -0.39 is 0 Å². The van der Waals surface area contributed by atoms with E-state index in [0.717, 1.165) is 0 Å². The molecule has 52 heavy (non-hydrogen) atoms. The fourth-order valence-corrected chi connectivity index (χ4v) is 10.3. The van der Waals surface area contributed by atoms with E-state index in [2.05, 4.69) is 177 Å². The molecule has 8 aromatic rings. The molecule has 0 aromatic heterocycles. The quantitative estimate of drug-likeness (QED) is 0.164. The molecule has 0 saturated carbocycles. The fourth-order valence-electron chi connectivity index (χ4n) is 10.3. The van der Waals surface area contributed by atoms with E-state index in [9.17, 15) is 0 Å². The molecular weight excluding hydrogens is 625 g/mol. The van der Waals surface area contributed by atoms with Crippen molar-refractivity contribution in [2.24, 2.45) is 0 Å². The molecule has 8 aromatic carbocycles. The van der Waals surface area contributed by atoms with Crippen LogP contribution in [0.4, 0.5) is 0 Å². The van der Waals surface area contributed by atoms with Crippen LogP contribution in [0.15, 0.2) is 121 Å². The van der Waals surface area contributed by atoms with E-state index in [1.807, 2.05) is 0 Å². The van der Waals surface area contributed by atoms with Gasteiger partial charge in [0.15, 0.2) is 0 Å². The second kappa shape index (κ2) is 10.7. The maximum Gasteiger partial charge on any atom is 0.0158 e. The molecule has 0 radical (unpaired) electrons. The molecule has 0 unspecified atom stereocenters. The van der Waals surface area contributed by atoms with E-state index in [4.69, 9.17) is 0 Å². The van der Waals surface area contributed by atoms with Gasteiger partial charge >= 0.3 is 0 Å². The zero-order valence-electron chi connectivity index (χ0n) is 31.7. The summed E-state index contributed by atoms with van der Waals surface area (Å²) in [6.07, 6.45) is 0. The topological polar surface area (TPSA) is 0 Å². The molecule has 10 rings (SSSR count). The van der Waals surface area contributed by atoms with Crippen molar-refractivity contribution in [1.82, 2.24) is 0 Å².